The summed E-state index contributed by atoms with van der Waals surface area (Å²) >= 11 is 6.06. The van der Waals surface area contributed by atoms with Crippen LogP contribution in [0.5, 0.6) is 0 Å². The number of rotatable bonds is 4. The van der Waals surface area contributed by atoms with Gasteiger partial charge in [0.15, 0.2) is 0 Å². The molecule has 2 aromatic rings. The van der Waals surface area contributed by atoms with Crippen molar-refractivity contribution in [3.63, 3.8) is 0 Å². The Morgan fingerprint density at radius 2 is 1.89 bits per heavy atom. The summed E-state index contributed by atoms with van der Waals surface area (Å²) in [5.74, 6) is 0. The van der Waals surface area contributed by atoms with Crippen molar-refractivity contribution in [3.05, 3.63) is 64.2 Å². The smallest absolute Gasteiger partial charge is 0.0964 e. The Morgan fingerprint density at radius 1 is 1.16 bits per heavy atom. The number of aryl methyl sites for hydroxylation is 2. The first-order chi connectivity index (χ1) is 9.08. The van der Waals surface area contributed by atoms with Gasteiger partial charge in [-0.05, 0) is 37.1 Å². The third-order valence-electron chi connectivity index (χ3n) is 3.14. The van der Waals surface area contributed by atoms with Gasteiger partial charge >= 0.3 is 0 Å². The topological polar surface area (TPSA) is 32.3 Å². The van der Waals surface area contributed by atoms with E-state index in [-0.39, 0.29) is 0 Å². The quantitative estimate of drug-likeness (QED) is 0.880. The van der Waals surface area contributed by atoms with Crippen molar-refractivity contribution in [2.24, 2.45) is 0 Å². The van der Waals surface area contributed by atoms with Gasteiger partial charge in [-0.3, -0.25) is 0 Å². The lowest BCUT2D eigenvalue weighted by Crippen LogP contribution is -2.13. The Bertz CT molecular complexity index is 568. The van der Waals surface area contributed by atoms with Crippen LogP contribution >= 0.6 is 11.6 Å². The molecule has 0 spiro atoms. The molecule has 2 nitrogen and oxygen atoms in total. The Kier molecular flexibility index (Phi) is 4.46. The molecule has 0 saturated heterocycles. The van der Waals surface area contributed by atoms with E-state index in [0.717, 1.165) is 16.8 Å². The van der Waals surface area contributed by atoms with E-state index < -0.39 is 6.10 Å². The average molecular weight is 276 g/mol. The lowest BCUT2D eigenvalue weighted by Gasteiger charge is -2.16. The number of anilines is 1. The maximum Gasteiger partial charge on any atom is 0.0964 e. The number of halogens is 1. The number of aliphatic hydroxyl groups is 1. The summed E-state index contributed by atoms with van der Waals surface area (Å²) in [5.41, 5.74) is 4.10. The third-order valence-corrected chi connectivity index (χ3v) is 3.47. The number of para-hydroxylation sites is 1. The predicted octanol–water partition coefficient (Wildman–Crippen LogP) is 4.10. The van der Waals surface area contributed by atoms with Crippen LogP contribution in [0.1, 0.15) is 22.8 Å². The molecule has 19 heavy (non-hydrogen) atoms. The summed E-state index contributed by atoms with van der Waals surface area (Å²) in [7, 11) is 0. The Hall–Kier alpha value is -1.51. The van der Waals surface area contributed by atoms with Crippen molar-refractivity contribution < 1.29 is 5.11 Å². The molecular formula is C16H18ClNO. The molecule has 1 unspecified atom stereocenters. The molecule has 2 rings (SSSR count). The summed E-state index contributed by atoms with van der Waals surface area (Å²) in [6, 6.07) is 13.6. The van der Waals surface area contributed by atoms with Gasteiger partial charge in [-0.1, -0.05) is 47.5 Å². The fraction of sp³-hybridized carbons (Fsp3) is 0.250. The molecule has 3 heteroatoms. The number of hydrogen-bond donors (Lipinski definition) is 2. The fourth-order valence-corrected chi connectivity index (χ4v) is 2.32. The standard InChI is InChI=1S/C16H18ClNO/c1-11-7-8-13(12(2)9-11)16(19)10-18-15-6-4-3-5-14(15)17/h3-9,16,18-19H,10H2,1-2H3. The molecule has 2 N–H and O–H groups in total. The first-order valence-corrected chi connectivity index (χ1v) is 6.69. The van der Waals surface area contributed by atoms with Gasteiger partial charge in [0.1, 0.15) is 0 Å². The molecule has 0 fully saturated rings. The monoisotopic (exact) mass is 275 g/mol. The van der Waals surface area contributed by atoms with Crippen molar-refractivity contribution in [1.82, 2.24) is 0 Å². The van der Waals surface area contributed by atoms with E-state index in [2.05, 4.69) is 11.4 Å². The number of benzene rings is 2. The van der Waals surface area contributed by atoms with Crippen LogP contribution in [0.2, 0.25) is 5.02 Å². The van der Waals surface area contributed by atoms with Crippen LogP contribution in [-0.4, -0.2) is 11.7 Å². The minimum absolute atomic E-state index is 0.438. The third kappa shape index (κ3) is 3.49. The van der Waals surface area contributed by atoms with Crippen LogP contribution in [0.4, 0.5) is 5.69 Å². The zero-order chi connectivity index (χ0) is 13.8. The van der Waals surface area contributed by atoms with Crippen molar-refractivity contribution >= 4 is 17.3 Å². The second-order valence-corrected chi connectivity index (χ2v) is 5.14. The second-order valence-electron chi connectivity index (χ2n) is 4.74. The molecule has 0 amide bonds. The molecule has 0 aliphatic carbocycles. The van der Waals surface area contributed by atoms with Gasteiger partial charge in [0.25, 0.3) is 0 Å². The van der Waals surface area contributed by atoms with Gasteiger partial charge in [0.2, 0.25) is 0 Å². The van der Waals surface area contributed by atoms with Gasteiger partial charge in [-0.15, -0.1) is 0 Å². The van der Waals surface area contributed by atoms with Gasteiger partial charge in [-0.2, -0.15) is 0 Å². The maximum atomic E-state index is 10.2. The van der Waals surface area contributed by atoms with Gasteiger partial charge in [0.05, 0.1) is 16.8 Å². The van der Waals surface area contributed by atoms with Crippen molar-refractivity contribution in [1.29, 1.82) is 0 Å². The highest BCUT2D eigenvalue weighted by Gasteiger charge is 2.10. The largest absolute Gasteiger partial charge is 0.387 e. The van der Waals surface area contributed by atoms with Crippen molar-refractivity contribution in [2.75, 3.05) is 11.9 Å². The highest BCUT2D eigenvalue weighted by Crippen LogP contribution is 2.23. The van der Waals surface area contributed by atoms with Crippen LogP contribution in [0.15, 0.2) is 42.5 Å². The minimum Gasteiger partial charge on any atom is -0.387 e. The molecular weight excluding hydrogens is 258 g/mol. The lowest BCUT2D eigenvalue weighted by molar-refractivity contribution is 0.191. The summed E-state index contributed by atoms with van der Waals surface area (Å²) in [6.07, 6.45) is -0.545. The summed E-state index contributed by atoms with van der Waals surface area (Å²) in [6.45, 7) is 4.50. The molecule has 0 radical (unpaired) electrons. The Labute approximate surface area is 119 Å². The zero-order valence-electron chi connectivity index (χ0n) is 11.2. The van der Waals surface area contributed by atoms with Crippen LogP contribution in [-0.2, 0) is 0 Å². The highest BCUT2D eigenvalue weighted by atomic mass is 35.5. The van der Waals surface area contributed by atoms with E-state index in [4.69, 9.17) is 11.6 Å². The molecule has 1 atom stereocenters. The number of nitrogens with one attached hydrogen (secondary N) is 1. The lowest BCUT2D eigenvalue weighted by atomic mass is 10.0. The maximum absolute atomic E-state index is 10.2. The molecule has 0 aliphatic heterocycles. The molecule has 100 valence electrons. The van der Waals surface area contributed by atoms with E-state index in [9.17, 15) is 5.11 Å². The van der Waals surface area contributed by atoms with E-state index in [1.54, 1.807) is 0 Å². The molecule has 0 bridgehead atoms. The SMILES string of the molecule is Cc1ccc(C(O)CNc2ccccc2Cl)c(C)c1. The van der Waals surface area contributed by atoms with E-state index >= 15 is 0 Å². The summed E-state index contributed by atoms with van der Waals surface area (Å²) in [4.78, 5) is 0. The van der Waals surface area contributed by atoms with Crippen molar-refractivity contribution in [2.45, 2.75) is 20.0 Å². The Morgan fingerprint density at radius 3 is 2.58 bits per heavy atom. The van der Waals surface area contributed by atoms with E-state index in [1.165, 1.54) is 5.56 Å². The van der Waals surface area contributed by atoms with Gasteiger partial charge in [0, 0.05) is 6.54 Å². The van der Waals surface area contributed by atoms with E-state index in [1.807, 2.05) is 50.2 Å². The van der Waals surface area contributed by atoms with E-state index in [0.29, 0.717) is 11.6 Å². The minimum atomic E-state index is -0.545. The zero-order valence-corrected chi connectivity index (χ0v) is 11.9. The van der Waals surface area contributed by atoms with Gasteiger partial charge < -0.3 is 10.4 Å². The first-order valence-electron chi connectivity index (χ1n) is 6.31. The average Bonchev–Trinajstić information content (AvgIpc) is 2.37. The van der Waals surface area contributed by atoms with Gasteiger partial charge in [-0.25, -0.2) is 0 Å². The molecule has 2 aromatic carbocycles. The van der Waals surface area contributed by atoms with Crippen LogP contribution < -0.4 is 5.32 Å². The fourth-order valence-electron chi connectivity index (χ4n) is 2.12. The molecule has 0 aliphatic rings. The molecule has 0 saturated carbocycles. The number of hydrogen-bond acceptors (Lipinski definition) is 2. The van der Waals surface area contributed by atoms with Crippen LogP contribution in [0.25, 0.3) is 0 Å². The number of aliphatic hydroxyl groups excluding tert-OH is 1. The van der Waals surface area contributed by atoms with Crippen LogP contribution in [0, 0.1) is 13.8 Å². The first kappa shape index (κ1) is 13.9. The summed E-state index contributed by atoms with van der Waals surface area (Å²) in [5, 5.41) is 14.1. The van der Waals surface area contributed by atoms with Crippen LogP contribution in [0.3, 0.4) is 0 Å². The molecule has 0 heterocycles. The summed E-state index contributed by atoms with van der Waals surface area (Å²) < 4.78 is 0. The second kappa shape index (κ2) is 6.09. The van der Waals surface area contributed by atoms with Crippen molar-refractivity contribution in [3.8, 4) is 0 Å². The normalized spacial score (nSPS) is 12.2. The Balaban J connectivity index is 2.05. The predicted molar refractivity (Wildman–Crippen MR) is 80.8 cm³/mol. The molecule has 0 aromatic heterocycles. The highest BCUT2D eigenvalue weighted by molar-refractivity contribution is 6.33.